The lowest BCUT2D eigenvalue weighted by molar-refractivity contribution is -0.138. The summed E-state index contributed by atoms with van der Waals surface area (Å²) in [7, 11) is 0. The van der Waals surface area contributed by atoms with Crippen molar-refractivity contribution in [2.24, 2.45) is 29.1 Å². The fourth-order valence-corrected chi connectivity index (χ4v) is 5.52. The Balaban J connectivity index is 1.82. The van der Waals surface area contributed by atoms with Crippen molar-refractivity contribution in [3.63, 3.8) is 0 Å². The number of aliphatic hydroxyl groups excluding tert-OH is 3. The second kappa shape index (κ2) is 6.52. The van der Waals surface area contributed by atoms with Crippen LogP contribution < -0.4 is 0 Å². The highest BCUT2D eigenvalue weighted by atomic mass is 16.4. The minimum Gasteiger partial charge on any atom is -0.393 e. The summed E-state index contributed by atoms with van der Waals surface area (Å²) in [5.74, 6) is 0.853. The van der Waals surface area contributed by atoms with Crippen molar-refractivity contribution in [3.05, 3.63) is 11.6 Å². The van der Waals surface area contributed by atoms with Gasteiger partial charge in [0, 0.05) is 0 Å². The molecule has 0 spiro atoms. The molecule has 3 aliphatic carbocycles. The molecule has 0 aromatic rings. The quantitative estimate of drug-likeness (QED) is 0.454. The normalized spacial score (nSPS) is 42.7. The van der Waals surface area contributed by atoms with Crippen molar-refractivity contribution < 1.29 is 25.2 Å². The van der Waals surface area contributed by atoms with Gasteiger partial charge in [-0.1, -0.05) is 18.6 Å². The molecule has 0 aromatic carbocycles. The Morgan fingerprint density at radius 3 is 2.58 bits per heavy atom. The third kappa shape index (κ3) is 2.66. The zero-order chi connectivity index (χ0) is 17.5. The molecule has 0 aliphatic heterocycles. The maximum absolute atomic E-state index is 11.7. The van der Waals surface area contributed by atoms with E-state index >= 15 is 0 Å². The highest BCUT2D eigenvalue weighted by molar-refractivity contribution is 5.61. The molecule has 3 aliphatic rings. The van der Waals surface area contributed by atoms with Crippen LogP contribution in [0.1, 0.15) is 45.4 Å². The molecular formula is C19H30O5. The second-order valence-corrected chi connectivity index (χ2v) is 8.37. The molecule has 2 fully saturated rings. The number of aliphatic hydroxyl groups is 4. The van der Waals surface area contributed by atoms with Crippen molar-refractivity contribution in [2.75, 3.05) is 13.2 Å². The lowest BCUT2D eigenvalue weighted by Crippen LogP contribution is -2.53. The topological polar surface area (TPSA) is 98.0 Å². The van der Waals surface area contributed by atoms with Gasteiger partial charge in [0.25, 0.3) is 0 Å². The molecule has 0 saturated heterocycles. The van der Waals surface area contributed by atoms with Gasteiger partial charge in [-0.05, 0) is 62.2 Å². The third-order valence-electron chi connectivity index (χ3n) is 7.30. The number of hydrogen-bond donors (Lipinski definition) is 4. The van der Waals surface area contributed by atoms with Crippen LogP contribution >= 0.6 is 0 Å². The summed E-state index contributed by atoms with van der Waals surface area (Å²) in [6.07, 6.45) is 7.35. The minimum absolute atomic E-state index is 0.127. The van der Waals surface area contributed by atoms with Gasteiger partial charge < -0.3 is 25.2 Å². The number of carbonyl (C=O) groups excluding carboxylic acids is 1. The highest BCUT2D eigenvalue weighted by Gasteiger charge is 2.53. The smallest absolute Gasteiger partial charge is 0.128 e. The van der Waals surface area contributed by atoms with Crippen LogP contribution in [0.15, 0.2) is 11.6 Å². The van der Waals surface area contributed by atoms with Crippen LogP contribution in [-0.2, 0) is 4.79 Å². The first kappa shape index (κ1) is 18.1. The van der Waals surface area contributed by atoms with Crippen molar-refractivity contribution in [1.82, 2.24) is 0 Å². The fraction of sp³-hybridized carbons (Fsp3) is 0.842. The molecule has 136 valence electrons. The highest BCUT2D eigenvalue weighted by Crippen LogP contribution is 2.55. The summed E-state index contributed by atoms with van der Waals surface area (Å²) in [5.41, 5.74) is -0.779. The van der Waals surface area contributed by atoms with Gasteiger partial charge in [-0.2, -0.15) is 0 Å². The summed E-state index contributed by atoms with van der Waals surface area (Å²) < 4.78 is 0. The van der Waals surface area contributed by atoms with E-state index in [1.165, 1.54) is 5.57 Å². The number of aldehydes is 1. The molecule has 2 saturated carbocycles. The Morgan fingerprint density at radius 1 is 1.25 bits per heavy atom. The fourth-order valence-electron chi connectivity index (χ4n) is 5.52. The van der Waals surface area contributed by atoms with Crippen LogP contribution in [0.4, 0.5) is 0 Å². The molecule has 3 rings (SSSR count). The molecule has 0 radical (unpaired) electrons. The third-order valence-corrected chi connectivity index (χ3v) is 7.30. The van der Waals surface area contributed by atoms with Crippen molar-refractivity contribution in [1.29, 1.82) is 0 Å². The van der Waals surface area contributed by atoms with E-state index in [1.807, 2.05) is 6.92 Å². The van der Waals surface area contributed by atoms with Gasteiger partial charge in [0.1, 0.15) is 11.9 Å². The number of allylic oxidation sites excluding steroid dienone is 2. The molecule has 0 bridgehead atoms. The van der Waals surface area contributed by atoms with E-state index < -0.39 is 30.3 Å². The molecule has 24 heavy (non-hydrogen) atoms. The first-order valence-electron chi connectivity index (χ1n) is 9.17. The maximum Gasteiger partial charge on any atom is 0.128 e. The minimum atomic E-state index is -1.41. The first-order chi connectivity index (χ1) is 11.4. The molecule has 4 N–H and O–H groups in total. The van der Waals surface area contributed by atoms with E-state index in [-0.39, 0.29) is 11.8 Å². The summed E-state index contributed by atoms with van der Waals surface area (Å²) in [6.45, 7) is 1.05. The zero-order valence-corrected chi connectivity index (χ0v) is 14.4. The van der Waals surface area contributed by atoms with Crippen LogP contribution in [0, 0.1) is 29.1 Å². The van der Waals surface area contributed by atoms with Gasteiger partial charge in [0.2, 0.25) is 0 Å². The second-order valence-electron chi connectivity index (χ2n) is 8.37. The van der Waals surface area contributed by atoms with Crippen LogP contribution in [0.3, 0.4) is 0 Å². The van der Waals surface area contributed by atoms with Crippen molar-refractivity contribution in [3.8, 4) is 0 Å². The van der Waals surface area contributed by atoms with Gasteiger partial charge in [-0.15, -0.1) is 0 Å². The number of rotatable bonds is 4. The molecule has 5 nitrogen and oxygen atoms in total. The maximum atomic E-state index is 11.7. The Bertz CT molecular complexity index is 512. The Morgan fingerprint density at radius 2 is 1.96 bits per heavy atom. The number of carbonyl (C=O) groups is 1. The summed E-state index contributed by atoms with van der Waals surface area (Å²) in [6, 6.07) is 0. The SMILES string of the molecule is CC1(C=O)C(O)CCC2C3CCC(C(O)(CO)CO)CC3=CCC21. The van der Waals surface area contributed by atoms with Crippen LogP contribution in [0.2, 0.25) is 0 Å². The number of fused-ring (bicyclic) bond motifs is 3. The van der Waals surface area contributed by atoms with E-state index in [0.717, 1.165) is 32.0 Å². The monoisotopic (exact) mass is 338 g/mol. The number of hydrogen-bond acceptors (Lipinski definition) is 5. The Labute approximate surface area is 143 Å². The summed E-state index contributed by atoms with van der Waals surface area (Å²) in [5, 5.41) is 39.7. The average Bonchev–Trinajstić information content (AvgIpc) is 2.63. The zero-order valence-electron chi connectivity index (χ0n) is 14.4. The van der Waals surface area contributed by atoms with Gasteiger partial charge >= 0.3 is 0 Å². The molecule has 6 atom stereocenters. The van der Waals surface area contributed by atoms with Crippen molar-refractivity contribution in [2.45, 2.75) is 57.2 Å². The predicted molar refractivity (Wildman–Crippen MR) is 89.0 cm³/mol. The molecule has 0 aromatic heterocycles. The molecule has 0 amide bonds. The Hall–Kier alpha value is -0.750. The molecule has 6 unspecified atom stereocenters. The van der Waals surface area contributed by atoms with E-state index in [9.17, 15) is 25.2 Å². The van der Waals surface area contributed by atoms with E-state index in [0.29, 0.717) is 24.7 Å². The van der Waals surface area contributed by atoms with Gasteiger partial charge in [0.15, 0.2) is 0 Å². The predicted octanol–water partition coefficient (Wildman–Crippen LogP) is 1.04. The van der Waals surface area contributed by atoms with Crippen LogP contribution in [-0.4, -0.2) is 51.6 Å². The standard InChI is InChI=1S/C19H30O5/c1-18(9-20)16-6-2-12-8-13(19(24,10-21)11-22)3-4-14(12)15(16)5-7-17(18)23/h2,9,13-17,21-24H,3-8,10-11H2,1H3. The lowest BCUT2D eigenvalue weighted by atomic mass is 9.52. The van der Waals surface area contributed by atoms with Crippen LogP contribution in [0.5, 0.6) is 0 Å². The first-order valence-corrected chi connectivity index (χ1v) is 9.17. The largest absolute Gasteiger partial charge is 0.393 e. The van der Waals surface area contributed by atoms with Gasteiger partial charge in [-0.3, -0.25) is 0 Å². The Kier molecular flexibility index (Phi) is 4.91. The average molecular weight is 338 g/mol. The van der Waals surface area contributed by atoms with E-state index in [1.54, 1.807) is 0 Å². The lowest BCUT2D eigenvalue weighted by Gasteiger charge is -2.53. The van der Waals surface area contributed by atoms with E-state index in [4.69, 9.17) is 0 Å². The van der Waals surface area contributed by atoms with Crippen LogP contribution in [0.25, 0.3) is 0 Å². The molecule has 5 heteroatoms. The molecule has 0 heterocycles. The summed E-state index contributed by atoms with van der Waals surface area (Å²) >= 11 is 0. The van der Waals surface area contributed by atoms with Gasteiger partial charge in [-0.25, -0.2) is 0 Å². The summed E-state index contributed by atoms with van der Waals surface area (Å²) in [4.78, 5) is 11.7. The molecular weight excluding hydrogens is 308 g/mol. The van der Waals surface area contributed by atoms with E-state index in [2.05, 4.69) is 6.08 Å². The van der Waals surface area contributed by atoms with Gasteiger partial charge in [0.05, 0.1) is 24.7 Å². The van der Waals surface area contributed by atoms with Crippen molar-refractivity contribution >= 4 is 6.29 Å².